The van der Waals surface area contributed by atoms with Crippen molar-refractivity contribution in [2.24, 2.45) is 0 Å². The number of ether oxygens (including phenoxy) is 1. The lowest BCUT2D eigenvalue weighted by Crippen LogP contribution is -2.52. The first kappa shape index (κ1) is 46.2. The van der Waals surface area contributed by atoms with Gasteiger partial charge in [0.1, 0.15) is 35.2 Å². The molecule has 67 heavy (non-hydrogen) atoms. The molecule has 0 aliphatic carbocycles. The van der Waals surface area contributed by atoms with Crippen LogP contribution in [0.4, 0.5) is 26.1 Å². The molecule has 0 spiro atoms. The molecule has 3 amide bonds. The number of piperidine rings is 2. The van der Waals surface area contributed by atoms with Gasteiger partial charge in [-0.25, -0.2) is 23.7 Å². The molecule has 350 valence electrons. The summed E-state index contributed by atoms with van der Waals surface area (Å²) in [5.74, 6) is -3.61. The van der Waals surface area contributed by atoms with E-state index in [2.05, 4.69) is 35.2 Å². The predicted octanol–water partition coefficient (Wildman–Crippen LogP) is 3.18. The Morgan fingerprint density at radius 3 is 2.39 bits per heavy atom. The van der Waals surface area contributed by atoms with Gasteiger partial charge in [0.15, 0.2) is 23.1 Å². The van der Waals surface area contributed by atoms with Gasteiger partial charge in [0.05, 0.1) is 35.8 Å². The van der Waals surface area contributed by atoms with Crippen LogP contribution in [0, 0.1) is 23.0 Å². The molecule has 20 nitrogen and oxygen atoms in total. The Bertz CT molecular complexity index is 2950. The summed E-state index contributed by atoms with van der Waals surface area (Å²) in [4.78, 5) is 69.7. The van der Waals surface area contributed by atoms with E-state index in [4.69, 9.17) is 4.74 Å². The average Bonchev–Trinajstić information content (AvgIpc) is 3.32. The second-order valence-corrected chi connectivity index (χ2v) is 18.1. The van der Waals surface area contributed by atoms with Crippen molar-refractivity contribution in [1.29, 1.82) is 5.26 Å². The highest BCUT2D eigenvalue weighted by Gasteiger charge is 2.30. The van der Waals surface area contributed by atoms with E-state index in [1.807, 2.05) is 4.90 Å². The number of carbonyl (C=O) groups excluding carboxylic acids is 3. The van der Waals surface area contributed by atoms with Crippen LogP contribution in [0.25, 0.3) is 16.6 Å². The molecule has 5 aromatic rings. The number of nitriles is 1. The fourth-order valence-electron chi connectivity index (χ4n) is 8.22. The molecule has 8 rings (SSSR count). The summed E-state index contributed by atoms with van der Waals surface area (Å²) in [7, 11) is -2.79. The molecule has 5 heterocycles. The number of hydrogen-bond donors (Lipinski definition) is 4. The normalized spacial score (nSPS) is 17.3. The summed E-state index contributed by atoms with van der Waals surface area (Å²) in [5.41, 5.74) is -0.166. The molecule has 0 bridgehead atoms. The fourth-order valence-corrected chi connectivity index (χ4v) is 9.16. The van der Waals surface area contributed by atoms with Crippen molar-refractivity contribution < 1.29 is 41.4 Å². The molecule has 3 saturated heterocycles. The van der Waals surface area contributed by atoms with E-state index < -0.39 is 56.3 Å². The molecule has 0 unspecified atom stereocenters. The van der Waals surface area contributed by atoms with E-state index in [9.17, 15) is 38.0 Å². The van der Waals surface area contributed by atoms with Crippen LogP contribution in [0.2, 0.25) is 0 Å². The zero-order valence-corrected chi connectivity index (χ0v) is 37.2. The summed E-state index contributed by atoms with van der Waals surface area (Å²) < 4.78 is 65.7. The summed E-state index contributed by atoms with van der Waals surface area (Å²) in [6.07, 6.45) is 5.96. The number of aromatic hydroxyl groups is 1. The van der Waals surface area contributed by atoms with E-state index >= 15 is 8.78 Å². The Hall–Kier alpha value is -7.29. The van der Waals surface area contributed by atoms with Crippen LogP contribution in [-0.4, -0.2) is 130 Å². The first-order valence-electron chi connectivity index (χ1n) is 21.5. The van der Waals surface area contributed by atoms with Crippen LogP contribution in [0.3, 0.4) is 0 Å². The maximum atomic E-state index is 15.2. The second kappa shape index (κ2) is 19.3. The number of hydrogen-bond acceptors (Lipinski definition) is 15. The maximum Gasteiger partial charge on any atom is 0.301 e. The summed E-state index contributed by atoms with van der Waals surface area (Å²) in [6.45, 7) is 4.96. The van der Waals surface area contributed by atoms with Crippen LogP contribution in [0.5, 0.6) is 17.2 Å². The SMILES string of the molecule is CCN(C)S(=O)(=O)Nc1ccc(F)c(Oc2ccc3ncn(-c4cnc(N5CCN(C(=O)CN6CCC(c7ccc(N[C@H]8CCC(=O)NC8=O)cc7F)CC6)CC5)nc4)c(=O)c3c2O)c1C#N. The summed E-state index contributed by atoms with van der Waals surface area (Å²) >= 11 is 0. The highest BCUT2D eigenvalue weighted by Crippen LogP contribution is 2.39. The molecule has 1 atom stereocenters. The Morgan fingerprint density at radius 1 is 0.985 bits per heavy atom. The number of benzene rings is 3. The Balaban J connectivity index is 0.860. The van der Waals surface area contributed by atoms with Crippen LogP contribution >= 0.6 is 0 Å². The van der Waals surface area contributed by atoms with Crippen molar-refractivity contribution in [1.82, 2.24) is 38.9 Å². The van der Waals surface area contributed by atoms with Crippen molar-refractivity contribution in [3.05, 3.63) is 94.3 Å². The first-order chi connectivity index (χ1) is 32.1. The van der Waals surface area contributed by atoms with Crippen LogP contribution in [0.1, 0.15) is 49.7 Å². The molecule has 23 heteroatoms. The lowest BCUT2D eigenvalue weighted by molar-refractivity contribution is -0.134. The smallest absolute Gasteiger partial charge is 0.301 e. The van der Waals surface area contributed by atoms with E-state index in [0.717, 1.165) is 21.0 Å². The molecular formula is C44H46F2N12O8S. The van der Waals surface area contributed by atoms with Crippen molar-refractivity contribution in [2.45, 2.75) is 44.6 Å². The van der Waals surface area contributed by atoms with Crippen LogP contribution in [0.15, 0.2) is 66.0 Å². The molecular weight excluding hydrogens is 895 g/mol. The number of carbonyl (C=O) groups is 3. The van der Waals surface area contributed by atoms with Crippen molar-refractivity contribution >= 4 is 56.2 Å². The number of phenolic OH excluding ortho intramolecular Hbond substituents is 1. The molecule has 0 saturated carbocycles. The molecule has 4 N–H and O–H groups in total. The number of halogens is 2. The van der Waals surface area contributed by atoms with Gasteiger partial charge in [0.2, 0.25) is 23.7 Å². The van der Waals surface area contributed by atoms with E-state index in [-0.39, 0.29) is 65.3 Å². The van der Waals surface area contributed by atoms with Crippen molar-refractivity contribution in [3.63, 3.8) is 0 Å². The average molecular weight is 941 g/mol. The summed E-state index contributed by atoms with van der Waals surface area (Å²) in [5, 5.41) is 26.2. The number of likely N-dealkylation sites (tertiary alicyclic amines) is 1. The molecule has 2 aromatic heterocycles. The Kier molecular flexibility index (Phi) is 13.3. The number of phenols is 1. The zero-order chi connectivity index (χ0) is 47.6. The number of piperazine rings is 1. The third-order valence-electron chi connectivity index (χ3n) is 12.2. The zero-order valence-electron chi connectivity index (χ0n) is 36.4. The molecule has 3 aliphatic heterocycles. The number of anilines is 3. The fraction of sp³-hybridized carbons (Fsp3) is 0.364. The lowest BCUT2D eigenvalue weighted by atomic mass is 9.89. The van der Waals surface area contributed by atoms with Crippen molar-refractivity contribution in [3.8, 4) is 29.0 Å². The minimum absolute atomic E-state index is 0.0172. The standard InChI is InChI=1S/C44H46F2N12O8S/c1-3-54(2)67(64,65)53-33-7-6-31(45)41(30(33)21-47)66-36-10-8-34-39(40(36)61)43(63)58(25-50-34)28-22-48-44(49-23-28)57-18-16-56(17-19-57)38(60)24-55-14-12-26(13-15-55)29-5-4-27(20-32(29)46)51-35-9-11-37(59)52-42(35)62/h4-8,10,20,22-23,25-26,35,51,53,61H,3,9,11-19,24H2,1-2H3,(H,52,59,62)/t35-/m0/s1. The number of rotatable bonds is 13. The second-order valence-electron chi connectivity index (χ2n) is 16.3. The van der Waals surface area contributed by atoms with Gasteiger partial charge in [-0.2, -0.15) is 18.0 Å². The van der Waals surface area contributed by atoms with Gasteiger partial charge in [-0.1, -0.05) is 13.0 Å². The number of fused-ring (bicyclic) bond motifs is 1. The molecule has 3 fully saturated rings. The van der Waals surface area contributed by atoms with Gasteiger partial charge in [0, 0.05) is 51.9 Å². The molecule has 0 radical (unpaired) electrons. The molecule has 3 aromatic carbocycles. The molecule has 3 aliphatic rings. The quantitative estimate of drug-likeness (QED) is 0.124. The monoisotopic (exact) mass is 940 g/mol. The van der Waals surface area contributed by atoms with Gasteiger partial charge in [-0.05, 0) is 80.2 Å². The number of nitrogens with one attached hydrogen (secondary N) is 3. The van der Waals surface area contributed by atoms with Crippen LogP contribution < -0.4 is 30.6 Å². The van der Waals surface area contributed by atoms with Crippen LogP contribution in [-0.2, 0) is 24.6 Å². The highest BCUT2D eigenvalue weighted by molar-refractivity contribution is 7.90. The number of aromatic nitrogens is 4. The third kappa shape index (κ3) is 9.81. The van der Waals surface area contributed by atoms with Gasteiger partial charge < -0.3 is 25.0 Å². The topological polar surface area (TPSA) is 248 Å². The predicted molar refractivity (Wildman–Crippen MR) is 240 cm³/mol. The lowest BCUT2D eigenvalue weighted by Gasteiger charge is -2.37. The largest absolute Gasteiger partial charge is 0.504 e. The van der Waals surface area contributed by atoms with E-state index in [0.29, 0.717) is 75.7 Å². The van der Waals surface area contributed by atoms with Gasteiger partial charge >= 0.3 is 10.2 Å². The first-order valence-corrected chi connectivity index (χ1v) is 22.9. The summed E-state index contributed by atoms with van der Waals surface area (Å²) in [6, 6.07) is 10.5. The Morgan fingerprint density at radius 2 is 1.72 bits per heavy atom. The minimum Gasteiger partial charge on any atom is -0.504 e. The number of imide groups is 1. The number of amides is 3. The van der Waals surface area contributed by atoms with Gasteiger partial charge in [-0.15, -0.1) is 0 Å². The third-order valence-corrected chi connectivity index (χ3v) is 13.7. The van der Waals surface area contributed by atoms with Gasteiger partial charge in [-0.3, -0.25) is 38.7 Å². The van der Waals surface area contributed by atoms with E-state index in [1.54, 1.807) is 30.0 Å². The minimum atomic E-state index is -4.10. The number of nitrogens with zero attached hydrogens (tertiary/aromatic N) is 9. The van der Waals surface area contributed by atoms with E-state index in [1.165, 1.54) is 44.0 Å². The highest BCUT2D eigenvalue weighted by atomic mass is 32.2. The van der Waals surface area contributed by atoms with Gasteiger partial charge in [0.25, 0.3) is 5.56 Å². The maximum absolute atomic E-state index is 15.2. The Labute approximate surface area is 383 Å². The van der Waals surface area contributed by atoms with Crippen molar-refractivity contribution in [2.75, 3.05) is 74.3 Å².